The van der Waals surface area contributed by atoms with Crippen LogP contribution in [0.4, 0.5) is 18.9 Å². The Kier molecular flexibility index (Phi) is 4.34. The number of aryl methyl sites for hydroxylation is 2. The molecular weight excluding hydrogens is 233 g/mol. The second-order valence-corrected chi connectivity index (χ2v) is 3.87. The van der Waals surface area contributed by atoms with Crippen molar-refractivity contribution in [2.24, 2.45) is 0 Å². The van der Waals surface area contributed by atoms with Crippen LogP contribution >= 0.6 is 0 Å². The zero-order valence-electron chi connectivity index (χ0n) is 9.75. The summed E-state index contributed by atoms with van der Waals surface area (Å²) in [4.78, 5) is 5.20. The fourth-order valence-corrected chi connectivity index (χ4v) is 1.63. The molecule has 0 aliphatic heterocycles. The van der Waals surface area contributed by atoms with E-state index in [9.17, 15) is 13.2 Å². The highest BCUT2D eigenvalue weighted by Crippen LogP contribution is 2.22. The topological polar surface area (TPSA) is 36.4 Å². The van der Waals surface area contributed by atoms with Gasteiger partial charge in [0.05, 0.1) is 6.61 Å². The number of nitrogens with zero attached hydrogens (tertiary/aromatic N) is 2. The minimum Gasteiger partial charge on any atom is -0.395 e. The molecule has 1 aromatic rings. The molecule has 0 unspecified atom stereocenters. The Bertz CT molecular complexity index is 359. The van der Waals surface area contributed by atoms with Crippen LogP contribution in [0.5, 0.6) is 0 Å². The lowest BCUT2D eigenvalue weighted by Gasteiger charge is -2.25. The minimum absolute atomic E-state index is 0.0532. The molecule has 0 spiro atoms. The molecule has 1 aromatic heterocycles. The Morgan fingerprint density at radius 2 is 1.76 bits per heavy atom. The Morgan fingerprint density at radius 1 is 1.24 bits per heavy atom. The summed E-state index contributed by atoms with van der Waals surface area (Å²) < 4.78 is 37.1. The minimum atomic E-state index is -4.29. The highest BCUT2D eigenvalue weighted by Gasteiger charge is 2.30. The van der Waals surface area contributed by atoms with Gasteiger partial charge in [0.25, 0.3) is 0 Å². The van der Waals surface area contributed by atoms with E-state index < -0.39 is 12.7 Å². The van der Waals surface area contributed by atoms with E-state index >= 15 is 0 Å². The van der Waals surface area contributed by atoms with Crippen molar-refractivity contribution in [1.82, 2.24) is 4.98 Å². The van der Waals surface area contributed by atoms with Crippen molar-refractivity contribution in [3.8, 4) is 0 Å². The summed E-state index contributed by atoms with van der Waals surface area (Å²) in [6.07, 6.45) is -4.29. The van der Waals surface area contributed by atoms with E-state index in [2.05, 4.69) is 4.98 Å². The summed E-state index contributed by atoms with van der Waals surface area (Å²) in [5.41, 5.74) is 1.75. The number of hydrogen-bond acceptors (Lipinski definition) is 3. The van der Waals surface area contributed by atoms with E-state index in [1.165, 1.54) is 0 Å². The molecule has 0 bridgehead atoms. The predicted octanol–water partition coefficient (Wildman–Crippen LogP) is 2.06. The molecule has 6 heteroatoms. The molecule has 0 radical (unpaired) electrons. The third kappa shape index (κ3) is 4.60. The lowest BCUT2D eigenvalue weighted by Crippen LogP contribution is -2.36. The largest absolute Gasteiger partial charge is 0.405 e. The first-order valence-electron chi connectivity index (χ1n) is 5.19. The van der Waals surface area contributed by atoms with Crippen LogP contribution in [0.2, 0.25) is 0 Å². The molecular formula is C11H15F3N2O. The molecule has 0 aromatic carbocycles. The van der Waals surface area contributed by atoms with Crippen molar-refractivity contribution in [3.63, 3.8) is 0 Å². The van der Waals surface area contributed by atoms with Crippen molar-refractivity contribution in [1.29, 1.82) is 0 Å². The van der Waals surface area contributed by atoms with Gasteiger partial charge in [-0.15, -0.1) is 0 Å². The fraction of sp³-hybridized carbons (Fsp3) is 0.545. The van der Waals surface area contributed by atoms with Crippen molar-refractivity contribution in [2.45, 2.75) is 20.0 Å². The number of anilines is 1. The summed E-state index contributed by atoms with van der Waals surface area (Å²) >= 11 is 0. The molecule has 0 atom stereocenters. The van der Waals surface area contributed by atoms with E-state index in [0.717, 1.165) is 4.90 Å². The molecule has 17 heavy (non-hydrogen) atoms. The number of pyridine rings is 1. The molecule has 0 saturated heterocycles. The van der Waals surface area contributed by atoms with Gasteiger partial charge in [-0.25, -0.2) is 0 Å². The van der Waals surface area contributed by atoms with Crippen molar-refractivity contribution >= 4 is 5.69 Å². The van der Waals surface area contributed by atoms with Gasteiger partial charge in [0.1, 0.15) is 6.54 Å². The molecule has 1 N–H and O–H groups in total. The van der Waals surface area contributed by atoms with Gasteiger partial charge in [0.15, 0.2) is 0 Å². The summed E-state index contributed by atoms with van der Waals surface area (Å²) in [6.45, 7) is 2.00. The summed E-state index contributed by atoms with van der Waals surface area (Å²) in [5, 5.41) is 8.81. The predicted molar refractivity (Wildman–Crippen MR) is 59.1 cm³/mol. The molecule has 0 aliphatic rings. The molecule has 1 heterocycles. The average molecular weight is 248 g/mol. The number of alkyl halides is 3. The molecule has 0 fully saturated rings. The van der Waals surface area contributed by atoms with Crippen LogP contribution in [0.15, 0.2) is 12.1 Å². The van der Waals surface area contributed by atoms with Gasteiger partial charge in [-0.1, -0.05) is 0 Å². The SMILES string of the molecule is Cc1cc(N(CCO)CC(F)(F)F)cc(C)n1. The Labute approximate surface area is 97.9 Å². The van der Waals surface area contributed by atoms with Gasteiger partial charge in [-0.2, -0.15) is 13.2 Å². The second kappa shape index (κ2) is 5.35. The third-order valence-corrected chi connectivity index (χ3v) is 2.17. The maximum Gasteiger partial charge on any atom is 0.405 e. The van der Waals surface area contributed by atoms with Crippen LogP contribution in [0.3, 0.4) is 0 Å². The lowest BCUT2D eigenvalue weighted by atomic mass is 10.2. The van der Waals surface area contributed by atoms with Gasteiger partial charge in [0.2, 0.25) is 0 Å². The van der Waals surface area contributed by atoms with E-state index in [4.69, 9.17) is 5.11 Å². The highest BCUT2D eigenvalue weighted by molar-refractivity contribution is 5.48. The summed E-state index contributed by atoms with van der Waals surface area (Å²) in [5.74, 6) is 0. The average Bonchev–Trinajstić information content (AvgIpc) is 2.13. The number of aliphatic hydroxyl groups excluding tert-OH is 1. The number of aliphatic hydroxyl groups is 1. The van der Waals surface area contributed by atoms with Crippen LogP contribution in [0, 0.1) is 13.8 Å². The van der Waals surface area contributed by atoms with E-state index in [1.807, 2.05) is 0 Å². The van der Waals surface area contributed by atoms with Crippen molar-refractivity contribution in [3.05, 3.63) is 23.5 Å². The van der Waals surface area contributed by atoms with Crippen LogP contribution in [0.25, 0.3) is 0 Å². The lowest BCUT2D eigenvalue weighted by molar-refractivity contribution is -0.119. The third-order valence-electron chi connectivity index (χ3n) is 2.17. The fourth-order valence-electron chi connectivity index (χ4n) is 1.63. The highest BCUT2D eigenvalue weighted by atomic mass is 19.4. The smallest absolute Gasteiger partial charge is 0.395 e. The standard InChI is InChI=1S/C11H15F3N2O/c1-8-5-10(6-9(2)15-8)16(3-4-17)7-11(12,13)14/h5-6,17H,3-4,7H2,1-2H3. The van der Waals surface area contributed by atoms with Crippen molar-refractivity contribution in [2.75, 3.05) is 24.6 Å². The second-order valence-electron chi connectivity index (χ2n) is 3.87. The Morgan fingerprint density at radius 3 is 2.18 bits per heavy atom. The van der Waals surface area contributed by atoms with Crippen LogP contribution in [-0.2, 0) is 0 Å². The number of rotatable bonds is 4. The molecule has 3 nitrogen and oxygen atoms in total. The number of hydrogen-bond donors (Lipinski definition) is 1. The van der Waals surface area contributed by atoms with Crippen LogP contribution < -0.4 is 4.90 Å². The van der Waals surface area contributed by atoms with E-state index in [-0.39, 0.29) is 13.2 Å². The number of halogens is 3. The zero-order valence-corrected chi connectivity index (χ0v) is 9.75. The van der Waals surface area contributed by atoms with Crippen molar-refractivity contribution < 1.29 is 18.3 Å². The van der Waals surface area contributed by atoms with Gasteiger partial charge >= 0.3 is 6.18 Å². The van der Waals surface area contributed by atoms with E-state index in [1.54, 1.807) is 26.0 Å². The molecule has 0 aliphatic carbocycles. The first kappa shape index (κ1) is 13.8. The van der Waals surface area contributed by atoms with Crippen LogP contribution in [0.1, 0.15) is 11.4 Å². The van der Waals surface area contributed by atoms with Gasteiger partial charge < -0.3 is 10.0 Å². The van der Waals surface area contributed by atoms with Gasteiger partial charge in [0, 0.05) is 23.6 Å². The summed E-state index contributed by atoms with van der Waals surface area (Å²) in [7, 11) is 0. The molecule has 1 rings (SSSR count). The maximum absolute atomic E-state index is 12.4. The zero-order chi connectivity index (χ0) is 13.1. The first-order chi connectivity index (χ1) is 7.81. The maximum atomic E-state index is 12.4. The molecule has 96 valence electrons. The number of aromatic nitrogens is 1. The molecule has 0 amide bonds. The Hall–Kier alpha value is -1.30. The first-order valence-corrected chi connectivity index (χ1v) is 5.19. The monoisotopic (exact) mass is 248 g/mol. The van der Waals surface area contributed by atoms with Gasteiger partial charge in [-0.05, 0) is 26.0 Å². The van der Waals surface area contributed by atoms with Gasteiger partial charge in [-0.3, -0.25) is 4.98 Å². The normalized spacial score (nSPS) is 11.6. The van der Waals surface area contributed by atoms with Crippen LogP contribution in [-0.4, -0.2) is 36.0 Å². The Balaban J connectivity index is 2.96. The molecule has 0 saturated carbocycles. The quantitative estimate of drug-likeness (QED) is 0.886. The summed E-state index contributed by atoms with van der Waals surface area (Å²) in [6, 6.07) is 3.16. The van der Waals surface area contributed by atoms with E-state index in [0.29, 0.717) is 17.1 Å².